The van der Waals surface area contributed by atoms with Crippen molar-refractivity contribution in [2.24, 2.45) is 12.0 Å². The van der Waals surface area contributed by atoms with E-state index in [9.17, 15) is 4.79 Å². The summed E-state index contributed by atoms with van der Waals surface area (Å²) in [6.45, 7) is 3.15. The van der Waals surface area contributed by atoms with Crippen molar-refractivity contribution in [2.75, 3.05) is 12.4 Å². The lowest BCUT2D eigenvalue weighted by Gasteiger charge is -2.12. The maximum absolute atomic E-state index is 11.6. The topological polar surface area (TPSA) is 96.2 Å². The summed E-state index contributed by atoms with van der Waals surface area (Å²) in [5.41, 5.74) is 1.90. The quantitative estimate of drug-likeness (QED) is 0.326. The second kappa shape index (κ2) is 11.4. The smallest absolute Gasteiger partial charge is 0.224 e. The predicted octanol–water partition coefficient (Wildman–Crippen LogP) is 2.04. The van der Waals surface area contributed by atoms with Gasteiger partial charge in [0.1, 0.15) is 12.2 Å². The number of rotatable bonds is 7. The molecule has 2 aromatic rings. The Morgan fingerprint density at radius 2 is 1.88 bits per heavy atom. The zero-order valence-electron chi connectivity index (χ0n) is 15.3. The average molecular weight is 471 g/mol. The first kappa shape index (κ1) is 21.9. The van der Waals surface area contributed by atoms with E-state index in [2.05, 4.69) is 31.0 Å². The van der Waals surface area contributed by atoms with E-state index in [0.29, 0.717) is 25.5 Å². The van der Waals surface area contributed by atoms with Gasteiger partial charge in [0.25, 0.3) is 0 Å². The van der Waals surface area contributed by atoms with Gasteiger partial charge in [0.05, 0.1) is 6.54 Å². The van der Waals surface area contributed by atoms with E-state index < -0.39 is 0 Å². The fourth-order valence-corrected chi connectivity index (χ4v) is 2.21. The van der Waals surface area contributed by atoms with Crippen LogP contribution in [0.5, 0.6) is 0 Å². The number of carbonyl (C=O) groups excluding carboxylic acids is 1. The number of nitrogens with one attached hydrogen (secondary N) is 3. The Morgan fingerprint density at radius 3 is 2.46 bits per heavy atom. The molecule has 26 heavy (non-hydrogen) atoms. The summed E-state index contributed by atoms with van der Waals surface area (Å²) >= 11 is 0. The Labute approximate surface area is 170 Å². The van der Waals surface area contributed by atoms with Crippen molar-refractivity contribution in [1.29, 1.82) is 0 Å². The van der Waals surface area contributed by atoms with E-state index in [1.807, 2.05) is 38.2 Å². The predicted molar refractivity (Wildman–Crippen MR) is 113 cm³/mol. The molecule has 1 heterocycles. The van der Waals surface area contributed by atoms with E-state index in [0.717, 1.165) is 23.5 Å². The van der Waals surface area contributed by atoms with E-state index in [-0.39, 0.29) is 29.9 Å². The van der Waals surface area contributed by atoms with Gasteiger partial charge in [0.15, 0.2) is 5.96 Å². The van der Waals surface area contributed by atoms with Crippen molar-refractivity contribution in [3.63, 3.8) is 0 Å². The molecule has 0 atom stereocenters. The van der Waals surface area contributed by atoms with Crippen LogP contribution in [0.25, 0.3) is 0 Å². The van der Waals surface area contributed by atoms with Crippen LogP contribution in [0.15, 0.2) is 35.6 Å². The van der Waals surface area contributed by atoms with E-state index >= 15 is 0 Å². The minimum atomic E-state index is 0. The van der Waals surface area contributed by atoms with Gasteiger partial charge in [0, 0.05) is 32.7 Å². The third-order valence-electron chi connectivity index (χ3n) is 3.62. The van der Waals surface area contributed by atoms with Crippen LogP contribution in [-0.4, -0.2) is 33.7 Å². The molecule has 142 valence electrons. The molecule has 1 aromatic carbocycles. The lowest BCUT2D eigenvalue weighted by Crippen LogP contribution is -2.36. The number of halogens is 1. The van der Waals surface area contributed by atoms with E-state index in [1.165, 1.54) is 6.33 Å². The lowest BCUT2D eigenvalue weighted by molar-refractivity contribution is -0.116. The molecule has 0 aliphatic carbocycles. The van der Waals surface area contributed by atoms with Crippen molar-refractivity contribution in [3.05, 3.63) is 42.0 Å². The molecule has 0 aliphatic rings. The minimum absolute atomic E-state index is 0. The molecule has 0 unspecified atom stereocenters. The second-order valence-electron chi connectivity index (χ2n) is 5.57. The highest BCUT2D eigenvalue weighted by atomic mass is 127. The molecule has 0 radical (unpaired) electrons. The number of anilines is 1. The molecule has 0 spiro atoms. The van der Waals surface area contributed by atoms with Gasteiger partial charge in [-0.05, 0) is 24.1 Å². The molecule has 0 saturated heterocycles. The van der Waals surface area contributed by atoms with Crippen LogP contribution in [0.2, 0.25) is 0 Å². The van der Waals surface area contributed by atoms with Gasteiger partial charge in [-0.3, -0.25) is 14.5 Å². The van der Waals surface area contributed by atoms with Crippen LogP contribution in [0.4, 0.5) is 5.69 Å². The van der Waals surface area contributed by atoms with E-state index in [1.54, 1.807) is 11.7 Å². The Morgan fingerprint density at radius 1 is 1.19 bits per heavy atom. The molecule has 0 fully saturated rings. The van der Waals surface area contributed by atoms with Crippen molar-refractivity contribution >= 4 is 41.5 Å². The zero-order valence-corrected chi connectivity index (χ0v) is 17.7. The number of carbonyl (C=O) groups is 1. The van der Waals surface area contributed by atoms with Crippen molar-refractivity contribution in [3.8, 4) is 0 Å². The number of hydrogen-bond donors (Lipinski definition) is 3. The third-order valence-corrected chi connectivity index (χ3v) is 3.62. The second-order valence-corrected chi connectivity index (χ2v) is 5.57. The van der Waals surface area contributed by atoms with Crippen LogP contribution in [0.1, 0.15) is 31.2 Å². The molecule has 1 amide bonds. The van der Waals surface area contributed by atoms with Gasteiger partial charge in [-0.15, -0.1) is 24.0 Å². The Balaban J connectivity index is 0.00000338. The van der Waals surface area contributed by atoms with Crippen LogP contribution in [0, 0.1) is 0 Å². The Hall–Kier alpha value is -2.17. The van der Waals surface area contributed by atoms with E-state index in [4.69, 9.17) is 0 Å². The van der Waals surface area contributed by atoms with Gasteiger partial charge >= 0.3 is 0 Å². The summed E-state index contributed by atoms with van der Waals surface area (Å²) in [6.07, 6.45) is 2.90. The summed E-state index contributed by atoms with van der Waals surface area (Å²) in [6, 6.07) is 7.76. The molecular formula is C17H26IN7O. The SMILES string of the molecule is CCCC(=O)Nc1ccc(CNC(=NC)NCc2ncnn2C)cc1.I. The molecule has 2 rings (SSSR count). The lowest BCUT2D eigenvalue weighted by atomic mass is 10.2. The number of nitrogens with zero attached hydrogens (tertiary/aromatic N) is 4. The van der Waals surface area contributed by atoms with Crippen molar-refractivity contribution < 1.29 is 4.79 Å². The number of hydrogen-bond acceptors (Lipinski definition) is 4. The van der Waals surface area contributed by atoms with Crippen LogP contribution in [0.3, 0.4) is 0 Å². The normalized spacial score (nSPS) is 10.8. The van der Waals surface area contributed by atoms with Gasteiger partial charge in [0.2, 0.25) is 5.91 Å². The first-order chi connectivity index (χ1) is 12.1. The van der Waals surface area contributed by atoms with Gasteiger partial charge in [-0.1, -0.05) is 19.1 Å². The number of amides is 1. The maximum Gasteiger partial charge on any atom is 0.224 e. The fourth-order valence-electron chi connectivity index (χ4n) is 2.21. The highest BCUT2D eigenvalue weighted by Crippen LogP contribution is 2.10. The maximum atomic E-state index is 11.6. The molecule has 0 aliphatic heterocycles. The molecule has 1 aromatic heterocycles. The first-order valence-corrected chi connectivity index (χ1v) is 8.28. The number of benzene rings is 1. The number of aryl methyl sites for hydroxylation is 1. The molecule has 8 nitrogen and oxygen atoms in total. The number of guanidine groups is 1. The fraction of sp³-hybridized carbons (Fsp3) is 0.412. The summed E-state index contributed by atoms with van der Waals surface area (Å²) in [7, 11) is 3.57. The van der Waals surface area contributed by atoms with Gasteiger partial charge < -0.3 is 16.0 Å². The molecule has 9 heteroatoms. The molecule has 3 N–H and O–H groups in total. The van der Waals surface area contributed by atoms with Crippen LogP contribution >= 0.6 is 24.0 Å². The Kier molecular flexibility index (Phi) is 9.63. The highest BCUT2D eigenvalue weighted by molar-refractivity contribution is 14.0. The van der Waals surface area contributed by atoms with Gasteiger partial charge in [-0.25, -0.2) is 4.98 Å². The zero-order chi connectivity index (χ0) is 18.1. The molecule has 0 saturated carbocycles. The van der Waals surface area contributed by atoms with Crippen molar-refractivity contribution in [1.82, 2.24) is 25.4 Å². The summed E-state index contributed by atoms with van der Waals surface area (Å²) in [5, 5.41) is 13.3. The third kappa shape index (κ3) is 6.98. The summed E-state index contributed by atoms with van der Waals surface area (Å²) < 4.78 is 1.71. The monoisotopic (exact) mass is 471 g/mol. The minimum Gasteiger partial charge on any atom is -0.352 e. The Bertz CT molecular complexity index is 712. The highest BCUT2D eigenvalue weighted by Gasteiger charge is 2.04. The standard InChI is InChI=1S/C17H25N7O.HI/c1-4-5-16(25)23-14-8-6-13(7-9-14)10-19-17(18-2)20-11-15-21-12-22-24(15)3;/h6-9,12H,4-5,10-11H2,1-3H3,(H,23,25)(H2,18,19,20);1H. The largest absolute Gasteiger partial charge is 0.352 e. The average Bonchev–Trinajstić information content (AvgIpc) is 3.02. The van der Waals surface area contributed by atoms with Crippen molar-refractivity contribution in [2.45, 2.75) is 32.9 Å². The summed E-state index contributed by atoms with van der Waals surface area (Å²) in [5.74, 6) is 1.56. The first-order valence-electron chi connectivity index (χ1n) is 8.28. The molecule has 0 bridgehead atoms. The number of aromatic nitrogens is 3. The number of aliphatic imine (C=N–C) groups is 1. The molecular weight excluding hydrogens is 445 g/mol. The summed E-state index contributed by atoms with van der Waals surface area (Å²) in [4.78, 5) is 19.9. The van der Waals surface area contributed by atoms with Gasteiger partial charge in [-0.2, -0.15) is 5.10 Å². The van der Waals surface area contributed by atoms with Crippen LogP contribution in [-0.2, 0) is 24.9 Å². The van der Waals surface area contributed by atoms with Crippen LogP contribution < -0.4 is 16.0 Å².